The third kappa shape index (κ3) is 5.72. The van der Waals surface area contributed by atoms with Gasteiger partial charge in [-0.1, -0.05) is 42.3 Å². The molecule has 0 fully saturated rings. The third-order valence-corrected chi connectivity index (χ3v) is 5.73. The molecule has 1 heterocycles. The normalized spacial score (nSPS) is 15.7. The molecule has 0 radical (unpaired) electrons. The monoisotopic (exact) mass is 492 g/mol. The number of halogens is 2. The number of carbonyl (C=O) groups excluding carboxylic acids is 2. The summed E-state index contributed by atoms with van der Waals surface area (Å²) in [6.07, 6.45) is 0.159. The van der Waals surface area contributed by atoms with Gasteiger partial charge < -0.3 is 24.8 Å². The van der Waals surface area contributed by atoms with Gasteiger partial charge in [-0.25, -0.2) is 9.59 Å². The SMILES string of the molecule is CCC1=C(C(=O)OC(C)C)C(c2ccc(OCc3c(Cl)cccc3Cl)c(OC)c2)NC(=O)N1. The highest BCUT2D eigenvalue weighted by molar-refractivity contribution is 6.35. The number of nitrogens with one attached hydrogen (secondary N) is 2. The van der Waals surface area contributed by atoms with Gasteiger partial charge in [-0.2, -0.15) is 0 Å². The van der Waals surface area contributed by atoms with E-state index in [1.807, 2.05) is 6.92 Å². The number of benzene rings is 2. The molecule has 3 rings (SSSR count). The highest BCUT2D eigenvalue weighted by Gasteiger charge is 2.34. The number of rotatable bonds is 8. The second kappa shape index (κ2) is 10.8. The van der Waals surface area contributed by atoms with Gasteiger partial charge >= 0.3 is 12.0 Å². The van der Waals surface area contributed by atoms with E-state index in [4.69, 9.17) is 37.4 Å². The standard InChI is InChI=1S/C24H26Cl2N2O5/c1-5-18-21(23(29)33-13(2)3)22(28-24(30)27-18)14-9-10-19(20(11-14)31-4)32-12-15-16(25)7-6-8-17(15)26/h6-11,13,22H,5,12H2,1-4H3,(H2,27,28,30). The lowest BCUT2D eigenvalue weighted by atomic mass is 9.94. The molecular weight excluding hydrogens is 467 g/mol. The second-order valence-electron chi connectivity index (χ2n) is 7.63. The number of esters is 1. The zero-order chi connectivity index (χ0) is 24.1. The molecule has 9 heteroatoms. The van der Waals surface area contributed by atoms with Crippen LogP contribution in [-0.2, 0) is 16.1 Å². The van der Waals surface area contributed by atoms with Gasteiger partial charge in [-0.15, -0.1) is 0 Å². The molecule has 2 N–H and O–H groups in total. The van der Waals surface area contributed by atoms with Gasteiger partial charge in [0.25, 0.3) is 0 Å². The van der Waals surface area contributed by atoms with E-state index in [-0.39, 0.29) is 12.7 Å². The molecule has 7 nitrogen and oxygen atoms in total. The minimum absolute atomic E-state index is 0.143. The average Bonchev–Trinajstić information content (AvgIpc) is 2.77. The van der Waals surface area contributed by atoms with Gasteiger partial charge in [-0.05, 0) is 50.1 Å². The summed E-state index contributed by atoms with van der Waals surface area (Å²) >= 11 is 12.5. The summed E-state index contributed by atoms with van der Waals surface area (Å²) in [4.78, 5) is 25.1. The zero-order valence-corrected chi connectivity index (χ0v) is 20.3. The molecule has 2 aromatic carbocycles. The quantitative estimate of drug-likeness (QED) is 0.471. The van der Waals surface area contributed by atoms with E-state index in [0.29, 0.717) is 50.4 Å². The number of hydrogen-bond acceptors (Lipinski definition) is 5. The van der Waals surface area contributed by atoms with Gasteiger partial charge in [0.05, 0.1) is 24.8 Å². The Labute approximate surface area is 203 Å². The number of allylic oxidation sites excluding steroid dienone is 1. The van der Waals surface area contributed by atoms with E-state index < -0.39 is 18.0 Å². The van der Waals surface area contributed by atoms with E-state index in [1.54, 1.807) is 50.2 Å². The van der Waals surface area contributed by atoms with E-state index >= 15 is 0 Å². The van der Waals surface area contributed by atoms with Gasteiger partial charge in [0.15, 0.2) is 11.5 Å². The molecule has 33 heavy (non-hydrogen) atoms. The maximum atomic E-state index is 12.9. The van der Waals surface area contributed by atoms with Crippen LogP contribution >= 0.6 is 23.2 Å². The Kier molecular flexibility index (Phi) is 8.10. The molecule has 2 amide bonds. The minimum Gasteiger partial charge on any atom is -0.493 e. The Bertz CT molecular complexity index is 1060. The van der Waals surface area contributed by atoms with Crippen molar-refractivity contribution in [3.05, 3.63) is 68.8 Å². The summed E-state index contributed by atoms with van der Waals surface area (Å²) in [5.74, 6) is 0.397. The second-order valence-corrected chi connectivity index (χ2v) is 8.44. The van der Waals surface area contributed by atoms with Crippen LogP contribution < -0.4 is 20.1 Å². The summed E-state index contributed by atoms with van der Waals surface area (Å²) in [6, 6.07) is 9.32. The molecule has 1 aliphatic heterocycles. The van der Waals surface area contributed by atoms with Crippen molar-refractivity contribution in [3.63, 3.8) is 0 Å². The van der Waals surface area contributed by atoms with Crippen molar-refractivity contribution in [1.29, 1.82) is 0 Å². The molecule has 176 valence electrons. The Morgan fingerprint density at radius 3 is 2.42 bits per heavy atom. The first-order valence-corrected chi connectivity index (χ1v) is 11.3. The Morgan fingerprint density at radius 2 is 1.82 bits per heavy atom. The van der Waals surface area contributed by atoms with Gasteiger partial charge in [0.1, 0.15) is 6.61 Å². The van der Waals surface area contributed by atoms with Crippen LogP contribution in [0, 0.1) is 0 Å². The fraction of sp³-hybridized carbons (Fsp3) is 0.333. The van der Waals surface area contributed by atoms with E-state index in [1.165, 1.54) is 7.11 Å². The van der Waals surface area contributed by atoms with E-state index in [0.717, 1.165) is 0 Å². The minimum atomic E-state index is -0.707. The molecule has 1 unspecified atom stereocenters. The molecule has 1 atom stereocenters. The predicted octanol–water partition coefficient (Wildman–Crippen LogP) is 5.55. The molecular formula is C24H26Cl2N2O5. The first-order chi connectivity index (χ1) is 15.7. The van der Waals surface area contributed by atoms with Gasteiger partial charge in [-0.3, -0.25) is 0 Å². The summed E-state index contributed by atoms with van der Waals surface area (Å²) in [6.45, 7) is 5.55. The molecule has 0 aromatic heterocycles. The van der Waals surface area contributed by atoms with Crippen LogP contribution in [0.2, 0.25) is 10.0 Å². The fourth-order valence-corrected chi connectivity index (χ4v) is 3.98. The Hall–Kier alpha value is -2.90. The van der Waals surface area contributed by atoms with E-state index in [2.05, 4.69) is 10.6 Å². The first kappa shape index (κ1) is 24.7. The predicted molar refractivity (Wildman–Crippen MR) is 127 cm³/mol. The van der Waals surface area contributed by atoms with Crippen molar-refractivity contribution < 1.29 is 23.8 Å². The van der Waals surface area contributed by atoms with Crippen LogP contribution in [0.25, 0.3) is 0 Å². The summed E-state index contributed by atoms with van der Waals surface area (Å²) in [5, 5.41) is 6.51. The van der Waals surface area contributed by atoms with Crippen molar-refractivity contribution in [1.82, 2.24) is 10.6 Å². The fourth-order valence-electron chi connectivity index (χ4n) is 3.47. The summed E-state index contributed by atoms with van der Waals surface area (Å²) in [7, 11) is 1.51. The lowest BCUT2D eigenvalue weighted by molar-refractivity contribution is -0.143. The van der Waals surface area contributed by atoms with Crippen LogP contribution in [0.5, 0.6) is 11.5 Å². The molecule has 0 aliphatic carbocycles. The third-order valence-electron chi connectivity index (χ3n) is 5.02. The van der Waals surface area contributed by atoms with Crippen LogP contribution in [0.15, 0.2) is 47.7 Å². The maximum Gasteiger partial charge on any atom is 0.338 e. The lowest BCUT2D eigenvalue weighted by Crippen LogP contribution is -2.46. The smallest absolute Gasteiger partial charge is 0.338 e. The van der Waals surface area contributed by atoms with Gasteiger partial charge in [0.2, 0.25) is 0 Å². The molecule has 2 aromatic rings. The largest absolute Gasteiger partial charge is 0.493 e. The lowest BCUT2D eigenvalue weighted by Gasteiger charge is -2.30. The first-order valence-electron chi connectivity index (χ1n) is 10.5. The number of carbonyl (C=O) groups is 2. The number of ether oxygens (including phenoxy) is 3. The highest BCUT2D eigenvalue weighted by Crippen LogP contribution is 2.36. The van der Waals surface area contributed by atoms with E-state index in [9.17, 15) is 9.59 Å². The highest BCUT2D eigenvalue weighted by atomic mass is 35.5. The van der Waals surface area contributed by atoms with Gasteiger partial charge in [0, 0.05) is 21.3 Å². The summed E-state index contributed by atoms with van der Waals surface area (Å²) < 4.78 is 16.9. The Balaban J connectivity index is 1.93. The van der Waals surface area contributed by atoms with Crippen LogP contribution in [0.3, 0.4) is 0 Å². The molecule has 0 spiro atoms. The molecule has 1 aliphatic rings. The van der Waals surface area contributed by atoms with Crippen molar-refractivity contribution in [2.24, 2.45) is 0 Å². The van der Waals surface area contributed by atoms with Crippen molar-refractivity contribution >= 4 is 35.2 Å². The topological polar surface area (TPSA) is 85.9 Å². The van der Waals surface area contributed by atoms with Crippen LogP contribution in [-0.4, -0.2) is 25.2 Å². The average molecular weight is 493 g/mol. The summed E-state index contributed by atoms with van der Waals surface area (Å²) in [5.41, 5.74) is 2.17. The maximum absolute atomic E-state index is 12.9. The van der Waals surface area contributed by atoms with Crippen LogP contribution in [0.1, 0.15) is 44.4 Å². The van der Waals surface area contributed by atoms with Crippen LogP contribution in [0.4, 0.5) is 4.79 Å². The van der Waals surface area contributed by atoms with Crippen molar-refractivity contribution in [2.45, 2.75) is 45.9 Å². The Morgan fingerprint density at radius 1 is 1.12 bits per heavy atom. The number of hydrogen-bond donors (Lipinski definition) is 2. The van der Waals surface area contributed by atoms with Crippen molar-refractivity contribution in [3.8, 4) is 11.5 Å². The van der Waals surface area contributed by atoms with Crippen molar-refractivity contribution in [2.75, 3.05) is 7.11 Å². The molecule has 0 bridgehead atoms. The number of urea groups is 1. The molecule has 0 saturated carbocycles. The number of methoxy groups -OCH3 is 1. The zero-order valence-electron chi connectivity index (χ0n) is 18.8. The molecule has 0 saturated heterocycles. The number of amides is 2.